The summed E-state index contributed by atoms with van der Waals surface area (Å²) >= 11 is 0. The van der Waals surface area contributed by atoms with Crippen LogP contribution < -0.4 is 0 Å². The van der Waals surface area contributed by atoms with Crippen LogP contribution in [0.2, 0.25) is 0 Å². The Kier molecular flexibility index (Phi) is 8.19. The zero-order valence-corrected chi connectivity index (χ0v) is 14.4. The summed E-state index contributed by atoms with van der Waals surface area (Å²) in [6, 6.07) is 0. The van der Waals surface area contributed by atoms with Crippen molar-refractivity contribution in [2.75, 3.05) is 7.11 Å². The molecule has 0 saturated heterocycles. The molecule has 0 amide bonds. The predicted octanol–water partition coefficient (Wildman–Crippen LogP) is 6.35. The maximum absolute atomic E-state index is 5.25. The minimum Gasteiger partial charge on any atom is -0.501 e. The van der Waals surface area contributed by atoms with Gasteiger partial charge in [0, 0.05) is 5.92 Å². The third kappa shape index (κ3) is 7.36. The minimum absolute atomic E-state index is 0.528. The van der Waals surface area contributed by atoms with Gasteiger partial charge in [-0.3, -0.25) is 0 Å². The van der Waals surface area contributed by atoms with Gasteiger partial charge in [0.2, 0.25) is 0 Å². The number of hydrogen-bond acceptors (Lipinski definition) is 1. The fourth-order valence-electron chi connectivity index (χ4n) is 2.77. The normalized spacial score (nSPS) is 19.0. The highest BCUT2D eigenvalue weighted by molar-refractivity contribution is 5.12. The number of rotatable bonds is 8. The highest BCUT2D eigenvalue weighted by Gasteiger charge is 2.17. The molecule has 0 bridgehead atoms. The number of allylic oxidation sites excluding steroid dienone is 7. The molecule has 0 N–H and O–H groups in total. The molecule has 0 aromatic heterocycles. The quantitative estimate of drug-likeness (QED) is 0.374. The lowest BCUT2D eigenvalue weighted by molar-refractivity contribution is 0.235. The van der Waals surface area contributed by atoms with Gasteiger partial charge < -0.3 is 4.74 Å². The molecule has 0 aliphatic heterocycles. The van der Waals surface area contributed by atoms with E-state index in [2.05, 4.69) is 45.6 Å². The van der Waals surface area contributed by atoms with Crippen LogP contribution in [0.25, 0.3) is 0 Å². The van der Waals surface area contributed by atoms with E-state index in [0.29, 0.717) is 5.92 Å². The van der Waals surface area contributed by atoms with Crippen LogP contribution in [0, 0.1) is 5.92 Å². The van der Waals surface area contributed by atoms with Crippen LogP contribution in [0.1, 0.15) is 65.7 Å². The number of hydrogen-bond donors (Lipinski definition) is 0. The van der Waals surface area contributed by atoms with E-state index in [1.54, 1.807) is 12.7 Å². The molecule has 0 radical (unpaired) electrons. The van der Waals surface area contributed by atoms with E-state index in [9.17, 15) is 0 Å². The van der Waals surface area contributed by atoms with Crippen LogP contribution in [0.5, 0.6) is 0 Å². The molecule has 118 valence electrons. The van der Waals surface area contributed by atoms with E-state index in [0.717, 1.165) is 12.2 Å². The first-order valence-corrected chi connectivity index (χ1v) is 8.22. The van der Waals surface area contributed by atoms with Crippen LogP contribution in [-0.4, -0.2) is 7.11 Å². The predicted molar refractivity (Wildman–Crippen MR) is 93.2 cm³/mol. The Morgan fingerprint density at radius 2 is 2.05 bits per heavy atom. The van der Waals surface area contributed by atoms with Gasteiger partial charge in [0.1, 0.15) is 0 Å². The molecule has 1 atom stereocenters. The largest absolute Gasteiger partial charge is 0.501 e. The molecule has 0 fully saturated rings. The molecule has 1 unspecified atom stereocenters. The smallest absolute Gasteiger partial charge is 0.0917 e. The van der Waals surface area contributed by atoms with Gasteiger partial charge in [0.25, 0.3) is 0 Å². The second-order valence-corrected chi connectivity index (χ2v) is 6.41. The van der Waals surface area contributed by atoms with Gasteiger partial charge in [0.15, 0.2) is 0 Å². The maximum Gasteiger partial charge on any atom is 0.0917 e. The van der Waals surface area contributed by atoms with Gasteiger partial charge in [0.05, 0.1) is 12.9 Å². The highest BCUT2D eigenvalue weighted by atomic mass is 16.5. The summed E-state index contributed by atoms with van der Waals surface area (Å²) in [5.41, 5.74) is 4.56. The fraction of sp³-hybridized carbons (Fsp3) is 0.600. The molecule has 1 aliphatic rings. The lowest BCUT2D eigenvalue weighted by Crippen LogP contribution is -2.09. The van der Waals surface area contributed by atoms with Gasteiger partial charge in [-0.25, -0.2) is 0 Å². The lowest BCUT2D eigenvalue weighted by atomic mass is 9.87. The van der Waals surface area contributed by atoms with Crippen molar-refractivity contribution in [3.8, 4) is 0 Å². The molecule has 1 heteroatoms. The van der Waals surface area contributed by atoms with Crippen LogP contribution >= 0.6 is 0 Å². The summed E-state index contributed by atoms with van der Waals surface area (Å²) in [4.78, 5) is 0. The SMILES string of the molecule is C=C(OC)C1CC=C(CC/C=C(\C)CCC=C(C)C)CC1. The summed E-state index contributed by atoms with van der Waals surface area (Å²) in [7, 11) is 1.73. The number of ether oxygens (including phenoxy) is 1. The third-order valence-corrected chi connectivity index (χ3v) is 4.27. The molecule has 0 saturated carbocycles. The lowest BCUT2D eigenvalue weighted by Gasteiger charge is -2.22. The molecule has 0 aromatic rings. The Labute approximate surface area is 131 Å². The molecule has 1 nitrogen and oxygen atoms in total. The topological polar surface area (TPSA) is 9.23 Å². The molecule has 21 heavy (non-hydrogen) atoms. The van der Waals surface area contributed by atoms with Gasteiger partial charge in [-0.1, -0.05) is 41.5 Å². The van der Waals surface area contributed by atoms with Crippen molar-refractivity contribution < 1.29 is 4.74 Å². The third-order valence-electron chi connectivity index (χ3n) is 4.27. The summed E-state index contributed by atoms with van der Waals surface area (Å²) < 4.78 is 5.25. The van der Waals surface area contributed by atoms with Gasteiger partial charge >= 0.3 is 0 Å². The van der Waals surface area contributed by atoms with E-state index in [-0.39, 0.29) is 0 Å². The maximum atomic E-state index is 5.25. The van der Waals surface area contributed by atoms with Gasteiger partial charge in [-0.2, -0.15) is 0 Å². The van der Waals surface area contributed by atoms with E-state index in [1.165, 1.54) is 49.7 Å². The Bertz CT molecular complexity index is 419. The summed E-state index contributed by atoms with van der Waals surface area (Å²) in [5, 5.41) is 0. The molecule has 0 heterocycles. The van der Waals surface area contributed by atoms with Crippen LogP contribution in [0.4, 0.5) is 0 Å². The molecule has 0 spiro atoms. The van der Waals surface area contributed by atoms with Crippen molar-refractivity contribution >= 4 is 0 Å². The second-order valence-electron chi connectivity index (χ2n) is 6.41. The van der Waals surface area contributed by atoms with Gasteiger partial charge in [-0.05, 0) is 65.7 Å². The Morgan fingerprint density at radius 1 is 1.29 bits per heavy atom. The van der Waals surface area contributed by atoms with Crippen LogP contribution in [0.3, 0.4) is 0 Å². The van der Waals surface area contributed by atoms with Crippen molar-refractivity contribution in [3.05, 3.63) is 47.3 Å². The van der Waals surface area contributed by atoms with E-state index in [1.807, 2.05) is 0 Å². The number of methoxy groups -OCH3 is 1. The van der Waals surface area contributed by atoms with Crippen molar-refractivity contribution in [1.82, 2.24) is 0 Å². The van der Waals surface area contributed by atoms with E-state index in [4.69, 9.17) is 4.74 Å². The van der Waals surface area contributed by atoms with Gasteiger partial charge in [-0.15, -0.1) is 0 Å². The summed E-state index contributed by atoms with van der Waals surface area (Å²) in [5.74, 6) is 1.47. The first-order valence-electron chi connectivity index (χ1n) is 8.22. The van der Waals surface area contributed by atoms with Crippen molar-refractivity contribution in [2.45, 2.75) is 65.7 Å². The zero-order chi connectivity index (χ0) is 15.7. The van der Waals surface area contributed by atoms with E-state index >= 15 is 0 Å². The highest BCUT2D eigenvalue weighted by Crippen LogP contribution is 2.30. The monoisotopic (exact) mass is 288 g/mol. The van der Waals surface area contributed by atoms with Crippen molar-refractivity contribution in [1.29, 1.82) is 0 Å². The molecular weight excluding hydrogens is 256 g/mol. The molecular formula is C20H32O. The fourth-order valence-corrected chi connectivity index (χ4v) is 2.77. The average molecular weight is 288 g/mol. The average Bonchev–Trinajstić information content (AvgIpc) is 2.46. The van der Waals surface area contributed by atoms with Crippen LogP contribution in [-0.2, 0) is 4.74 Å². The Hall–Kier alpha value is -1.24. The minimum atomic E-state index is 0.528. The summed E-state index contributed by atoms with van der Waals surface area (Å²) in [6.07, 6.45) is 15.4. The first-order chi connectivity index (χ1) is 10.0. The zero-order valence-electron chi connectivity index (χ0n) is 14.4. The summed E-state index contributed by atoms with van der Waals surface area (Å²) in [6.45, 7) is 10.6. The standard InChI is InChI=1S/C20H32O/c1-16(2)8-6-9-17(3)10-7-11-19-12-14-20(15-13-19)18(4)21-5/h8,10,12,20H,4,6-7,9,11,13-15H2,1-3,5H3/b17-10+. The van der Waals surface area contributed by atoms with Crippen LogP contribution in [0.15, 0.2) is 47.3 Å². The molecule has 1 aliphatic carbocycles. The first kappa shape index (κ1) is 17.8. The second kappa shape index (κ2) is 9.65. The molecule has 1 rings (SSSR count). The Balaban J connectivity index is 2.28. The van der Waals surface area contributed by atoms with Crippen molar-refractivity contribution in [3.63, 3.8) is 0 Å². The van der Waals surface area contributed by atoms with Crippen molar-refractivity contribution in [2.24, 2.45) is 5.92 Å². The Morgan fingerprint density at radius 3 is 2.62 bits per heavy atom. The van der Waals surface area contributed by atoms with E-state index < -0.39 is 0 Å². The molecule has 0 aromatic carbocycles.